The molecule has 4 rings (SSSR count). The van der Waals surface area contributed by atoms with Crippen LogP contribution in [0.2, 0.25) is 5.02 Å². The van der Waals surface area contributed by atoms with Crippen LogP contribution in [0, 0.1) is 0 Å². The summed E-state index contributed by atoms with van der Waals surface area (Å²) >= 11 is 5.66. The van der Waals surface area contributed by atoms with Crippen molar-refractivity contribution in [1.29, 1.82) is 0 Å². The minimum absolute atomic E-state index is 0.228. The van der Waals surface area contributed by atoms with E-state index in [-0.39, 0.29) is 16.8 Å². The molecule has 0 saturated carbocycles. The summed E-state index contributed by atoms with van der Waals surface area (Å²) in [4.78, 5) is 2.19. The Bertz CT molecular complexity index is 765. The second kappa shape index (κ2) is 5.68. The Kier molecular flexibility index (Phi) is 3.74. The number of tetrazole rings is 1. The molecule has 2 aromatic rings. The largest absolute Gasteiger partial charge is 0.417 e. The minimum atomic E-state index is -4.54. The smallest absolute Gasteiger partial charge is 0.375 e. The normalized spacial score (nSPS) is 24.0. The third-order valence-electron chi connectivity index (χ3n) is 4.39. The molecule has 1 aromatic heterocycles. The summed E-state index contributed by atoms with van der Waals surface area (Å²) in [6.07, 6.45) is -3.33. The first kappa shape index (κ1) is 15.8. The lowest BCUT2D eigenvalue weighted by molar-refractivity contribution is -0.137. The van der Waals surface area contributed by atoms with Gasteiger partial charge in [0.25, 0.3) is 0 Å². The number of halogens is 4. The molecule has 0 N–H and O–H groups in total. The maximum absolute atomic E-state index is 13.0. The van der Waals surface area contributed by atoms with Crippen LogP contribution in [-0.2, 0) is 17.5 Å². The Hall–Kier alpha value is -1.71. The van der Waals surface area contributed by atoms with Crippen molar-refractivity contribution in [2.24, 2.45) is 0 Å². The fraction of sp³-hybridized carbons (Fsp3) is 0.500. The third-order valence-corrected chi connectivity index (χ3v) is 4.72. The van der Waals surface area contributed by atoms with Crippen LogP contribution in [0.3, 0.4) is 0 Å². The van der Waals surface area contributed by atoms with Crippen molar-refractivity contribution in [2.45, 2.75) is 31.3 Å². The lowest BCUT2D eigenvalue weighted by atomic mass is 10.2. The van der Waals surface area contributed by atoms with Crippen LogP contribution in [0.1, 0.15) is 17.8 Å². The van der Waals surface area contributed by atoms with Crippen molar-refractivity contribution in [3.05, 3.63) is 34.6 Å². The van der Waals surface area contributed by atoms with Crippen LogP contribution in [0.5, 0.6) is 0 Å². The summed E-state index contributed by atoms with van der Waals surface area (Å²) in [5.41, 5.74) is -0.677. The van der Waals surface area contributed by atoms with E-state index in [2.05, 4.69) is 20.4 Å². The average Bonchev–Trinajstić information content (AvgIpc) is 3.23. The van der Waals surface area contributed by atoms with Crippen molar-refractivity contribution in [1.82, 2.24) is 25.1 Å². The van der Waals surface area contributed by atoms with E-state index in [4.69, 9.17) is 16.3 Å². The van der Waals surface area contributed by atoms with Crippen LogP contribution >= 0.6 is 11.6 Å². The number of ether oxygens (including phenoxy) is 1. The second-order valence-corrected chi connectivity index (χ2v) is 6.35. The fourth-order valence-corrected chi connectivity index (χ4v) is 3.45. The van der Waals surface area contributed by atoms with Crippen molar-refractivity contribution in [3.8, 4) is 5.69 Å². The maximum atomic E-state index is 13.0. The van der Waals surface area contributed by atoms with Crippen LogP contribution in [0.4, 0.5) is 13.2 Å². The zero-order chi connectivity index (χ0) is 16.9. The van der Waals surface area contributed by atoms with Crippen LogP contribution < -0.4 is 0 Å². The lowest BCUT2D eigenvalue weighted by Gasteiger charge is -2.25. The van der Waals surface area contributed by atoms with Crippen molar-refractivity contribution < 1.29 is 17.9 Å². The number of aromatic nitrogens is 4. The van der Waals surface area contributed by atoms with Gasteiger partial charge in [0.2, 0.25) is 0 Å². The summed E-state index contributed by atoms with van der Waals surface area (Å²) < 4.78 is 46.0. The van der Waals surface area contributed by atoms with Gasteiger partial charge >= 0.3 is 6.18 Å². The van der Waals surface area contributed by atoms with Gasteiger partial charge in [0.1, 0.15) is 0 Å². The monoisotopic (exact) mass is 359 g/mol. The van der Waals surface area contributed by atoms with Crippen LogP contribution in [0.15, 0.2) is 18.2 Å². The predicted molar refractivity (Wildman–Crippen MR) is 77.7 cm³/mol. The summed E-state index contributed by atoms with van der Waals surface area (Å²) in [5, 5.41) is 11.0. The first-order valence-corrected chi connectivity index (χ1v) is 7.79. The molecule has 0 radical (unpaired) electrons. The number of benzene rings is 1. The van der Waals surface area contributed by atoms with Gasteiger partial charge in [0.05, 0.1) is 35.5 Å². The van der Waals surface area contributed by atoms with E-state index in [0.29, 0.717) is 25.0 Å². The van der Waals surface area contributed by atoms with E-state index < -0.39 is 11.7 Å². The highest BCUT2D eigenvalue weighted by atomic mass is 35.5. The molecule has 2 aliphatic heterocycles. The van der Waals surface area contributed by atoms with Gasteiger partial charge in [0, 0.05) is 12.6 Å². The highest BCUT2D eigenvalue weighted by Crippen LogP contribution is 2.36. The van der Waals surface area contributed by atoms with E-state index in [1.165, 1.54) is 16.8 Å². The van der Waals surface area contributed by atoms with E-state index in [0.717, 1.165) is 19.0 Å². The van der Waals surface area contributed by atoms with Gasteiger partial charge in [-0.1, -0.05) is 11.6 Å². The zero-order valence-corrected chi connectivity index (χ0v) is 13.1. The van der Waals surface area contributed by atoms with Gasteiger partial charge in [0.15, 0.2) is 5.82 Å². The molecule has 2 atom stereocenters. The Morgan fingerprint density at radius 2 is 2.17 bits per heavy atom. The molecule has 2 aliphatic rings. The molecule has 0 amide bonds. The van der Waals surface area contributed by atoms with Crippen molar-refractivity contribution >= 4 is 11.6 Å². The molecular formula is C14H13ClF3N5O. The summed E-state index contributed by atoms with van der Waals surface area (Å²) in [6, 6.07) is 3.95. The molecule has 2 fully saturated rings. The van der Waals surface area contributed by atoms with Gasteiger partial charge in [-0.05, 0) is 35.0 Å². The van der Waals surface area contributed by atoms with Crippen LogP contribution in [-0.4, -0.2) is 50.4 Å². The van der Waals surface area contributed by atoms with Gasteiger partial charge in [-0.2, -0.15) is 17.9 Å². The molecule has 6 nitrogen and oxygen atoms in total. The maximum Gasteiger partial charge on any atom is 0.417 e. The zero-order valence-electron chi connectivity index (χ0n) is 12.4. The van der Waals surface area contributed by atoms with Gasteiger partial charge in [-0.25, -0.2) is 0 Å². The highest BCUT2D eigenvalue weighted by molar-refractivity contribution is 6.31. The first-order valence-electron chi connectivity index (χ1n) is 7.42. The predicted octanol–water partition coefficient (Wildman–Crippen LogP) is 2.31. The molecule has 0 unspecified atom stereocenters. The van der Waals surface area contributed by atoms with E-state index in [1.807, 2.05) is 0 Å². The van der Waals surface area contributed by atoms with Gasteiger partial charge in [-0.15, -0.1) is 5.10 Å². The summed E-state index contributed by atoms with van der Waals surface area (Å²) in [7, 11) is 0. The van der Waals surface area contributed by atoms with Crippen molar-refractivity contribution in [3.63, 3.8) is 0 Å². The number of alkyl halides is 3. The molecule has 0 aliphatic carbocycles. The fourth-order valence-electron chi connectivity index (χ4n) is 3.22. The number of hydrogen-bond donors (Lipinski definition) is 0. The topological polar surface area (TPSA) is 56.1 Å². The van der Waals surface area contributed by atoms with E-state index >= 15 is 0 Å². The molecule has 2 bridgehead atoms. The Balaban J connectivity index is 1.63. The summed E-state index contributed by atoms with van der Waals surface area (Å²) in [6.45, 7) is 1.92. The third kappa shape index (κ3) is 2.76. The Morgan fingerprint density at radius 1 is 1.33 bits per heavy atom. The number of likely N-dealkylation sites (tertiary alicyclic amines) is 1. The quantitative estimate of drug-likeness (QED) is 0.841. The molecule has 1 aromatic carbocycles. The molecule has 10 heteroatoms. The lowest BCUT2D eigenvalue weighted by Crippen LogP contribution is -2.37. The molecule has 0 spiro atoms. The van der Waals surface area contributed by atoms with E-state index in [1.54, 1.807) is 0 Å². The van der Waals surface area contributed by atoms with Gasteiger partial charge < -0.3 is 4.74 Å². The highest BCUT2D eigenvalue weighted by Gasteiger charge is 2.39. The Morgan fingerprint density at radius 3 is 2.83 bits per heavy atom. The number of fused-ring (bicyclic) bond motifs is 2. The number of hydrogen-bond acceptors (Lipinski definition) is 5. The molecule has 2 saturated heterocycles. The number of nitrogens with zero attached hydrogens (tertiary/aromatic N) is 5. The average molecular weight is 360 g/mol. The molecule has 128 valence electrons. The second-order valence-electron chi connectivity index (χ2n) is 5.94. The van der Waals surface area contributed by atoms with Crippen LogP contribution in [0.25, 0.3) is 5.69 Å². The molecule has 24 heavy (non-hydrogen) atoms. The molecular weight excluding hydrogens is 347 g/mol. The molecule has 3 heterocycles. The summed E-state index contributed by atoms with van der Waals surface area (Å²) in [5.74, 6) is 0.484. The van der Waals surface area contributed by atoms with E-state index in [9.17, 15) is 13.2 Å². The minimum Gasteiger partial charge on any atom is -0.375 e. The Labute approximate surface area is 140 Å². The van der Waals surface area contributed by atoms with Crippen molar-refractivity contribution in [2.75, 3.05) is 13.2 Å². The first-order chi connectivity index (χ1) is 11.4. The standard InChI is InChI=1S/C14H13ClF3N5O/c15-12-2-1-8(4-11(12)14(16,17)18)23-13(19-20-21-23)6-22-5-10-3-9(22)7-24-10/h1-2,4,9-10H,3,5-7H2/t9-,10-/m0/s1. The SMILES string of the molecule is FC(F)(F)c1cc(-n2nnnc2CN2C[C@@H]3C[C@H]2CO3)ccc1Cl. The number of rotatable bonds is 3. The van der Waals surface area contributed by atoms with Gasteiger partial charge in [-0.3, -0.25) is 4.90 Å². The number of morpholine rings is 1.